The molecule has 6 nitrogen and oxygen atoms in total. The van der Waals surface area contributed by atoms with Gasteiger partial charge in [-0.1, -0.05) is 28.4 Å². The third kappa shape index (κ3) is 4.89. The fourth-order valence-electron chi connectivity index (χ4n) is 3.26. The molecule has 0 spiro atoms. The molecule has 4 rings (SSSR count). The third-order valence-corrected chi connectivity index (χ3v) is 5.42. The summed E-state index contributed by atoms with van der Waals surface area (Å²) in [6, 6.07) is 14.3. The number of rotatable bonds is 5. The topological polar surface area (TPSA) is 68.5 Å². The fraction of sp³-hybridized carbons (Fsp3) is 0.286. The van der Waals surface area contributed by atoms with Gasteiger partial charge in [-0.25, -0.2) is 0 Å². The molecule has 1 fully saturated rings. The van der Waals surface area contributed by atoms with Gasteiger partial charge in [-0.15, -0.1) is 0 Å². The number of hydrogen-bond donors (Lipinski definition) is 0. The van der Waals surface area contributed by atoms with Crippen LogP contribution < -0.4 is 4.74 Å². The van der Waals surface area contributed by atoms with Gasteiger partial charge < -0.3 is 14.2 Å². The number of amides is 1. The summed E-state index contributed by atoms with van der Waals surface area (Å²) in [5.41, 5.74) is 0.858. The van der Waals surface area contributed by atoms with E-state index in [0.717, 1.165) is 18.4 Å². The molecule has 1 aliphatic heterocycles. The van der Waals surface area contributed by atoms with Crippen LogP contribution in [0.15, 0.2) is 53.1 Å². The summed E-state index contributed by atoms with van der Waals surface area (Å²) in [5, 5.41) is 5.37. The number of nitrogens with zero attached hydrogens (tertiary/aromatic N) is 3. The summed E-state index contributed by atoms with van der Waals surface area (Å²) in [4.78, 5) is 18.7. The number of halogens is 2. The molecule has 0 atom stereocenters. The molecule has 1 aromatic heterocycles. The summed E-state index contributed by atoms with van der Waals surface area (Å²) < 4.78 is 11.0. The van der Waals surface area contributed by atoms with Gasteiger partial charge in [-0.05, 0) is 61.4 Å². The van der Waals surface area contributed by atoms with Gasteiger partial charge >= 0.3 is 0 Å². The minimum absolute atomic E-state index is 0.00751. The molecule has 150 valence electrons. The second-order valence-electron chi connectivity index (χ2n) is 6.86. The highest BCUT2D eigenvalue weighted by Crippen LogP contribution is 2.29. The van der Waals surface area contributed by atoms with Gasteiger partial charge in [-0.2, -0.15) is 4.98 Å². The number of benzene rings is 2. The van der Waals surface area contributed by atoms with Crippen LogP contribution in [0.1, 0.15) is 24.7 Å². The summed E-state index contributed by atoms with van der Waals surface area (Å²) in [5.74, 6) is 1.89. The normalized spacial score (nSPS) is 14.8. The van der Waals surface area contributed by atoms with Crippen molar-refractivity contribution in [3.05, 3.63) is 64.5 Å². The molecule has 0 bridgehead atoms. The van der Waals surface area contributed by atoms with E-state index < -0.39 is 0 Å². The van der Waals surface area contributed by atoms with E-state index in [0.29, 0.717) is 40.6 Å². The van der Waals surface area contributed by atoms with E-state index in [4.69, 9.17) is 32.5 Å². The highest BCUT2D eigenvalue weighted by molar-refractivity contribution is 6.30. The average Bonchev–Trinajstić information content (AvgIpc) is 3.24. The van der Waals surface area contributed by atoms with Crippen molar-refractivity contribution in [2.24, 2.45) is 0 Å². The summed E-state index contributed by atoms with van der Waals surface area (Å²) >= 11 is 11.8. The van der Waals surface area contributed by atoms with Crippen molar-refractivity contribution in [3.63, 3.8) is 0 Å². The van der Waals surface area contributed by atoms with Gasteiger partial charge in [0.25, 0.3) is 5.91 Å². The highest BCUT2D eigenvalue weighted by atomic mass is 35.5. The number of piperidine rings is 1. The zero-order valence-electron chi connectivity index (χ0n) is 15.6. The molecule has 1 saturated heterocycles. The van der Waals surface area contributed by atoms with Crippen molar-refractivity contribution in [2.45, 2.75) is 18.8 Å². The number of likely N-dealkylation sites (tertiary alicyclic amines) is 1. The van der Waals surface area contributed by atoms with E-state index in [1.807, 2.05) is 17.0 Å². The van der Waals surface area contributed by atoms with E-state index in [2.05, 4.69) is 10.1 Å². The van der Waals surface area contributed by atoms with Crippen LogP contribution in [0.25, 0.3) is 11.4 Å². The molecule has 0 unspecified atom stereocenters. The third-order valence-electron chi connectivity index (χ3n) is 4.92. The quantitative estimate of drug-likeness (QED) is 0.578. The lowest BCUT2D eigenvalue weighted by Crippen LogP contribution is -2.40. The second-order valence-corrected chi connectivity index (χ2v) is 7.73. The first kappa shape index (κ1) is 19.7. The maximum Gasteiger partial charge on any atom is 0.260 e. The summed E-state index contributed by atoms with van der Waals surface area (Å²) in [6.07, 6.45) is 1.55. The number of hydrogen-bond acceptors (Lipinski definition) is 5. The van der Waals surface area contributed by atoms with Gasteiger partial charge in [0.15, 0.2) is 6.61 Å². The van der Waals surface area contributed by atoms with Crippen molar-refractivity contribution in [2.75, 3.05) is 19.7 Å². The predicted molar refractivity (Wildman–Crippen MR) is 110 cm³/mol. The van der Waals surface area contributed by atoms with Crippen LogP contribution in [0.5, 0.6) is 5.75 Å². The lowest BCUT2D eigenvalue weighted by molar-refractivity contribution is -0.134. The molecule has 0 N–H and O–H groups in total. The van der Waals surface area contributed by atoms with Crippen molar-refractivity contribution in [1.82, 2.24) is 15.0 Å². The van der Waals surface area contributed by atoms with Crippen LogP contribution in [-0.4, -0.2) is 40.6 Å². The zero-order chi connectivity index (χ0) is 20.2. The van der Waals surface area contributed by atoms with E-state index >= 15 is 0 Å². The molecule has 2 aromatic carbocycles. The lowest BCUT2D eigenvalue weighted by Gasteiger charge is -2.30. The first-order chi connectivity index (χ1) is 14.1. The molecule has 1 amide bonds. The Labute approximate surface area is 178 Å². The molecule has 0 saturated carbocycles. The first-order valence-corrected chi connectivity index (χ1v) is 10.1. The van der Waals surface area contributed by atoms with Crippen molar-refractivity contribution < 1.29 is 14.1 Å². The van der Waals surface area contributed by atoms with Crippen LogP contribution in [0, 0.1) is 0 Å². The lowest BCUT2D eigenvalue weighted by atomic mass is 9.97. The molecule has 0 radical (unpaired) electrons. The summed E-state index contributed by atoms with van der Waals surface area (Å²) in [6.45, 7) is 1.27. The Bertz CT molecular complexity index is 966. The molecular weight excluding hydrogens is 413 g/mol. The Morgan fingerprint density at radius 3 is 2.31 bits per heavy atom. The van der Waals surface area contributed by atoms with Crippen molar-refractivity contribution >= 4 is 29.1 Å². The Morgan fingerprint density at radius 2 is 1.66 bits per heavy atom. The monoisotopic (exact) mass is 431 g/mol. The van der Waals surface area contributed by atoms with Gasteiger partial charge in [0, 0.05) is 34.6 Å². The van der Waals surface area contributed by atoms with Crippen LogP contribution in [0.4, 0.5) is 0 Å². The zero-order valence-corrected chi connectivity index (χ0v) is 17.1. The minimum atomic E-state index is -0.0363. The average molecular weight is 432 g/mol. The van der Waals surface area contributed by atoms with Crippen LogP contribution >= 0.6 is 23.2 Å². The molecule has 8 heteroatoms. The Morgan fingerprint density at radius 1 is 1.03 bits per heavy atom. The number of carbonyl (C=O) groups is 1. The molecule has 3 aromatic rings. The van der Waals surface area contributed by atoms with Crippen molar-refractivity contribution in [3.8, 4) is 17.1 Å². The van der Waals surface area contributed by atoms with Crippen LogP contribution in [0.2, 0.25) is 10.0 Å². The summed E-state index contributed by atoms with van der Waals surface area (Å²) in [7, 11) is 0. The first-order valence-electron chi connectivity index (χ1n) is 9.34. The SMILES string of the molecule is O=C(COc1ccc(Cl)cc1)N1CCC(c2nc(-c3ccc(Cl)cc3)no2)CC1. The van der Waals surface area contributed by atoms with Gasteiger partial charge in [0.2, 0.25) is 11.7 Å². The Hall–Kier alpha value is -2.57. The van der Waals surface area contributed by atoms with Gasteiger partial charge in [0.1, 0.15) is 5.75 Å². The second kappa shape index (κ2) is 8.84. The number of carbonyl (C=O) groups excluding carboxylic acids is 1. The van der Waals surface area contributed by atoms with Gasteiger partial charge in [-0.3, -0.25) is 4.79 Å². The van der Waals surface area contributed by atoms with E-state index in [9.17, 15) is 4.79 Å². The fourth-order valence-corrected chi connectivity index (χ4v) is 3.51. The van der Waals surface area contributed by atoms with Crippen LogP contribution in [0.3, 0.4) is 0 Å². The maximum atomic E-state index is 12.4. The standard InChI is InChI=1S/C21H19Cl2N3O3/c22-16-3-1-14(2-4-16)20-24-21(29-25-20)15-9-11-26(12-10-15)19(27)13-28-18-7-5-17(23)6-8-18/h1-8,15H,9-13H2. The minimum Gasteiger partial charge on any atom is -0.484 e. The Kier molecular flexibility index (Phi) is 6.02. The molecule has 0 aliphatic carbocycles. The smallest absolute Gasteiger partial charge is 0.260 e. The number of aromatic nitrogens is 2. The molecule has 2 heterocycles. The molecular formula is C21H19Cl2N3O3. The Balaban J connectivity index is 1.29. The highest BCUT2D eigenvalue weighted by Gasteiger charge is 2.27. The number of ether oxygens (including phenoxy) is 1. The van der Waals surface area contributed by atoms with E-state index in [1.54, 1.807) is 36.4 Å². The van der Waals surface area contributed by atoms with Crippen LogP contribution in [-0.2, 0) is 4.79 Å². The maximum absolute atomic E-state index is 12.4. The largest absolute Gasteiger partial charge is 0.484 e. The molecule has 1 aliphatic rings. The van der Waals surface area contributed by atoms with Crippen molar-refractivity contribution in [1.29, 1.82) is 0 Å². The van der Waals surface area contributed by atoms with Gasteiger partial charge in [0.05, 0.1) is 0 Å². The predicted octanol–water partition coefficient (Wildman–Crippen LogP) is 4.83. The molecule has 29 heavy (non-hydrogen) atoms. The van der Waals surface area contributed by atoms with E-state index in [1.165, 1.54) is 0 Å². The van der Waals surface area contributed by atoms with E-state index in [-0.39, 0.29) is 18.4 Å².